The summed E-state index contributed by atoms with van der Waals surface area (Å²) in [5.74, 6) is -2.78. The van der Waals surface area contributed by atoms with Crippen LogP contribution in [-0.2, 0) is 9.47 Å². The van der Waals surface area contributed by atoms with Gasteiger partial charge in [0.25, 0.3) is 0 Å². The summed E-state index contributed by atoms with van der Waals surface area (Å²) in [6.07, 6.45) is 0.0916. The number of rotatable bonds is 4. The maximum Gasteiger partial charge on any atom is 0.347 e. The summed E-state index contributed by atoms with van der Waals surface area (Å²) < 4.78 is 9.76. The summed E-state index contributed by atoms with van der Waals surface area (Å²) in [4.78, 5) is 49.0. The van der Waals surface area contributed by atoms with Gasteiger partial charge in [0.15, 0.2) is 5.78 Å². The number of Topliss-reactive ketones (excluding diaryl/α,β-unsaturated/α-hetero) is 1. The molecule has 2 aromatic rings. The van der Waals surface area contributed by atoms with E-state index in [1.54, 1.807) is 26.0 Å². The van der Waals surface area contributed by atoms with E-state index in [4.69, 9.17) is 9.47 Å². The molecule has 1 aliphatic rings. The molecule has 0 atom stereocenters. The maximum absolute atomic E-state index is 12.4. The largest absolute Gasteiger partial charge is 0.462 e. The van der Waals surface area contributed by atoms with Gasteiger partial charge in [-0.15, -0.1) is 0 Å². The van der Waals surface area contributed by atoms with Crippen molar-refractivity contribution < 1.29 is 28.7 Å². The van der Waals surface area contributed by atoms with Crippen LogP contribution in [0.1, 0.15) is 61.7 Å². The van der Waals surface area contributed by atoms with Crippen molar-refractivity contribution in [1.29, 1.82) is 0 Å². The summed E-state index contributed by atoms with van der Waals surface area (Å²) in [6, 6.07) is 6.28. The molecule has 0 amide bonds. The fraction of sp³-hybridized carbons (Fsp3) is 0.222. The van der Waals surface area contributed by atoms with Crippen molar-refractivity contribution >= 4 is 34.5 Å². The van der Waals surface area contributed by atoms with Gasteiger partial charge in [-0.3, -0.25) is 4.79 Å². The molecule has 122 valence electrons. The van der Waals surface area contributed by atoms with E-state index in [2.05, 4.69) is 0 Å². The van der Waals surface area contributed by atoms with E-state index >= 15 is 0 Å². The van der Waals surface area contributed by atoms with Crippen molar-refractivity contribution in [2.75, 3.05) is 6.61 Å². The van der Waals surface area contributed by atoms with Gasteiger partial charge in [0.05, 0.1) is 23.3 Å². The van der Waals surface area contributed by atoms with E-state index < -0.39 is 23.7 Å². The van der Waals surface area contributed by atoms with Crippen LogP contribution in [0, 0.1) is 0 Å². The molecular formula is C18H14O6. The number of benzene rings is 2. The van der Waals surface area contributed by atoms with Crippen LogP contribution in [0.25, 0.3) is 10.8 Å². The molecular weight excluding hydrogens is 312 g/mol. The summed E-state index contributed by atoms with van der Waals surface area (Å²) in [7, 11) is 0. The number of esters is 3. The predicted molar refractivity (Wildman–Crippen MR) is 84.3 cm³/mol. The fourth-order valence-corrected chi connectivity index (χ4v) is 2.86. The van der Waals surface area contributed by atoms with Crippen molar-refractivity contribution in [3.05, 3.63) is 46.5 Å². The second-order valence-electron chi connectivity index (χ2n) is 5.25. The fourth-order valence-electron chi connectivity index (χ4n) is 2.86. The molecule has 0 N–H and O–H groups in total. The Bertz CT molecular complexity index is 909. The van der Waals surface area contributed by atoms with E-state index in [0.717, 1.165) is 0 Å². The van der Waals surface area contributed by atoms with E-state index in [0.29, 0.717) is 10.8 Å². The highest BCUT2D eigenvalue weighted by atomic mass is 16.6. The van der Waals surface area contributed by atoms with E-state index in [9.17, 15) is 19.2 Å². The Morgan fingerprint density at radius 3 is 2.54 bits per heavy atom. The van der Waals surface area contributed by atoms with Crippen LogP contribution in [0.15, 0.2) is 24.3 Å². The van der Waals surface area contributed by atoms with Gasteiger partial charge in [-0.25, -0.2) is 14.4 Å². The number of hydrogen-bond acceptors (Lipinski definition) is 6. The van der Waals surface area contributed by atoms with Gasteiger partial charge in [0, 0.05) is 17.4 Å². The zero-order valence-corrected chi connectivity index (χ0v) is 13.2. The average Bonchev–Trinajstić information content (AvgIpc) is 2.57. The normalized spacial score (nSPS) is 12.9. The Kier molecular flexibility index (Phi) is 3.89. The van der Waals surface area contributed by atoms with Gasteiger partial charge < -0.3 is 9.47 Å². The Hall–Kier alpha value is -3.02. The number of ketones is 1. The standard InChI is InChI=1S/C18H14O6/c1-3-12(19)14-11(16(20)23-4-2)8-9-6-5-7-10-13(9)15(14)18(22)24-17(10)21/h5-8H,3-4H2,1-2H3. The summed E-state index contributed by atoms with van der Waals surface area (Å²) >= 11 is 0. The average molecular weight is 326 g/mol. The lowest BCUT2D eigenvalue weighted by Crippen LogP contribution is -2.25. The topological polar surface area (TPSA) is 86.7 Å². The lowest BCUT2D eigenvalue weighted by atomic mass is 9.87. The Morgan fingerprint density at radius 2 is 1.88 bits per heavy atom. The van der Waals surface area contributed by atoms with Crippen LogP contribution in [-0.4, -0.2) is 30.3 Å². The van der Waals surface area contributed by atoms with Crippen molar-refractivity contribution in [2.24, 2.45) is 0 Å². The molecule has 0 aromatic heterocycles. The van der Waals surface area contributed by atoms with Gasteiger partial charge in [0.1, 0.15) is 0 Å². The third-order valence-electron chi connectivity index (χ3n) is 3.87. The van der Waals surface area contributed by atoms with E-state index in [1.807, 2.05) is 0 Å². The number of hydrogen-bond donors (Lipinski definition) is 0. The van der Waals surface area contributed by atoms with Crippen molar-refractivity contribution in [2.45, 2.75) is 20.3 Å². The van der Waals surface area contributed by atoms with Crippen molar-refractivity contribution in [3.8, 4) is 0 Å². The van der Waals surface area contributed by atoms with Crippen LogP contribution >= 0.6 is 0 Å². The molecule has 1 aliphatic heterocycles. The minimum atomic E-state index is -0.924. The first-order chi connectivity index (χ1) is 11.5. The molecule has 0 unspecified atom stereocenters. The molecule has 3 rings (SSSR count). The monoisotopic (exact) mass is 326 g/mol. The zero-order chi connectivity index (χ0) is 17.4. The first kappa shape index (κ1) is 15.9. The number of ether oxygens (including phenoxy) is 2. The third-order valence-corrected chi connectivity index (χ3v) is 3.87. The second kappa shape index (κ2) is 5.88. The highest BCUT2D eigenvalue weighted by molar-refractivity contribution is 6.26. The van der Waals surface area contributed by atoms with Gasteiger partial charge in [-0.2, -0.15) is 0 Å². The quantitative estimate of drug-likeness (QED) is 0.488. The predicted octanol–water partition coefficient (Wildman–Crippen LogP) is 2.92. The van der Waals surface area contributed by atoms with Gasteiger partial charge in [-0.1, -0.05) is 19.1 Å². The molecule has 1 heterocycles. The van der Waals surface area contributed by atoms with Crippen LogP contribution in [0.4, 0.5) is 0 Å². The molecule has 0 saturated carbocycles. The van der Waals surface area contributed by atoms with Gasteiger partial charge >= 0.3 is 17.9 Å². The summed E-state index contributed by atoms with van der Waals surface area (Å²) in [6.45, 7) is 3.41. The summed E-state index contributed by atoms with van der Waals surface area (Å²) in [5, 5.41) is 0.840. The second-order valence-corrected chi connectivity index (χ2v) is 5.25. The molecule has 0 spiro atoms. The van der Waals surface area contributed by atoms with Gasteiger partial charge in [-0.05, 0) is 24.4 Å². The van der Waals surface area contributed by atoms with E-state index in [-0.39, 0.29) is 35.3 Å². The van der Waals surface area contributed by atoms with E-state index in [1.165, 1.54) is 12.1 Å². The summed E-state index contributed by atoms with van der Waals surface area (Å²) in [5.41, 5.74) is 0.114. The first-order valence-electron chi connectivity index (χ1n) is 7.56. The molecule has 0 aliphatic carbocycles. The molecule has 2 aromatic carbocycles. The Balaban J connectivity index is 2.47. The molecule has 0 radical (unpaired) electrons. The van der Waals surface area contributed by atoms with Crippen LogP contribution in [0.5, 0.6) is 0 Å². The highest BCUT2D eigenvalue weighted by Gasteiger charge is 2.34. The van der Waals surface area contributed by atoms with Crippen molar-refractivity contribution in [3.63, 3.8) is 0 Å². The van der Waals surface area contributed by atoms with Crippen LogP contribution in [0.2, 0.25) is 0 Å². The molecule has 6 heteroatoms. The first-order valence-corrected chi connectivity index (χ1v) is 7.56. The zero-order valence-electron chi connectivity index (χ0n) is 13.2. The molecule has 24 heavy (non-hydrogen) atoms. The Labute approximate surface area is 137 Å². The molecule has 0 bridgehead atoms. The highest BCUT2D eigenvalue weighted by Crippen LogP contribution is 2.34. The number of carbonyl (C=O) groups is 4. The van der Waals surface area contributed by atoms with Crippen molar-refractivity contribution in [1.82, 2.24) is 0 Å². The van der Waals surface area contributed by atoms with Crippen LogP contribution in [0.3, 0.4) is 0 Å². The number of carbonyl (C=O) groups excluding carboxylic acids is 4. The molecule has 0 saturated heterocycles. The third kappa shape index (κ3) is 2.27. The smallest absolute Gasteiger partial charge is 0.347 e. The minimum Gasteiger partial charge on any atom is -0.462 e. The Morgan fingerprint density at radius 1 is 1.12 bits per heavy atom. The molecule has 6 nitrogen and oxygen atoms in total. The molecule has 0 fully saturated rings. The maximum atomic E-state index is 12.4. The SMILES string of the molecule is CCOC(=O)c1cc2cccc3c2c(c1C(=O)CC)C(=O)OC3=O. The lowest BCUT2D eigenvalue weighted by Gasteiger charge is -2.20. The van der Waals surface area contributed by atoms with Crippen LogP contribution < -0.4 is 0 Å². The minimum absolute atomic E-state index is 0.00893. The lowest BCUT2D eigenvalue weighted by molar-refractivity contribution is 0.0389. The number of cyclic esters (lactones) is 2. The van der Waals surface area contributed by atoms with Gasteiger partial charge in [0.2, 0.25) is 0 Å².